The minimum Gasteiger partial charge on any atom is -0.457 e. The number of nitrogens with one attached hydrogen (secondary N) is 1. The second-order valence-corrected chi connectivity index (χ2v) is 6.70. The Labute approximate surface area is 149 Å². The van der Waals surface area contributed by atoms with Crippen LogP contribution in [0.15, 0.2) is 54.6 Å². The second-order valence-electron chi connectivity index (χ2n) is 6.70. The van der Waals surface area contributed by atoms with Crippen molar-refractivity contribution in [3.8, 4) is 11.5 Å². The molecule has 3 rings (SSSR count). The minimum atomic E-state index is 0.253. The van der Waals surface area contributed by atoms with E-state index in [4.69, 9.17) is 4.74 Å². The van der Waals surface area contributed by atoms with Crippen LogP contribution in [0.25, 0.3) is 0 Å². The van der Waals surface area contributed by atoms with Gasteiger partial charge in [-0.15, -0.1) is 0 Å². The van der Waals surface area contributed by atoms with Crippen LogP contribution in [0, 0.1) is 5.92 Å². The van der Waals surface area contributed by atoms with E-state index in [9.17, 15) is 4.79 Å². The minimum absolute atomic E-state index is 0.253. The van der Waals surface area contributed by atoms with Gasteiger partial charge in [-0.25, -0.2) is 0 Å². The van der Waals surface area contributed by atoms with Crippen molar-refractivity contribution in [2.45, 2.75) is 26.2 Å². The van der Waals surface area contributed by atoms with E-state index in [1.54, 1.807) is 0 Å². The van der Waals surface area contributed by atoms with Gasteiger partial charge in [0.15, 0.2) is 0 Å². The van der Waals surface area contributed by atoms with Gasteiger partial charge in [0.25, 0.3) is 0 Å². The molecule has 4 nitrogen and oxygen atoms in total. The number of carbonyl (C=O) groups excluding carboxylic acids is 1. The molecule has 1 unspecified atom stereocenters. The molecule has 0 bridgehead atoms. The lowest BCUT2D eigenvalue weighted by Gasteiger charge is -2.31. The van der Waals surface area contributed by atoms with Gasteiger partial charge in [-0.3, -0.25) is 4.79 Å². The molecule has 1 aliphatic heterocycles. The summed E-state index contributed by atoms with van der Waals surface area (Å²) in [4.78, 5) is 14.3. The molecule has 1 amide bonds. The SMILES string of the molecule is CC1CCCN(C(=O)CCNc2ccc(Oc3ccccc3)cc2)C1. The molecule has 1 atom stereocenters. The summed E-state index contributed by atoms with van der Waals surface area (Å²) in [5.74, 6) is 2.51. The Morgan fingerprint density at radius 1 is 1.12 bits per heavy atom. The highest BCUT2D eigenvalue weighted by atomic mass is 16.5. The summed E-state index contributed by atoms with van der Waals surface area (Å²) >= 11 is 0. The zero-order chi connectivity index (χ0) is 17.5. The van der Waals surface area contributed by atoms with Gasteiger partial charge in [-0.1, -0.05) is 25.1 Å². The molecule has 0 spiro atoms. The van der Waals surface area contributed by atoms with Gasteiger partial charge in [0, 0.05) is 31.7 Å². The third kappa shape index (κ3) is 5.24. The number of likely N-dealkylation sites (tertiary alicyclic amines) is 1. The lowest BCUT2D eigenvalue weighted by Crippen LogP contribution is -2.39. The normalized spacial score (nSPS) is 17.2. The van der Waals surface area contributed by atoms with Crippen molar-refractivity contribution >= 4 is 11.6 Å². The predicted octanol–water partition coefficient (Wildman–Crippen LogP) is 4.54. The molecule has 1 N–H and O–H groups in total. The van der Waals surface area contributed by atoms with E-state index in [1.165, 1.54) is 6.42 Å². The molecule has 2 aromatic carbocycles. The highest BCUT2D eigenvalue weighted by Gasteiger charge is 2.20. The standard InChI is InChI=1S/C21H26N2O2/c1-17-6-5-15-23(16-17)21(24)13-14-22-18-9-11-20(12-10-18)25-19-7-3-2-4-8-19/h2-4,7-12,17,22H,5-6,13-16H2,1H3. The van der Waals surface area contributed by atoms with Crippen LogP contribution in [-0.4, -0.2) is 30.4 Å². The molecule has 1 heterocycles. The fourth-order valence-corrected chi connectivity index (χ4v) is 3.15. The first kappa shape index (κ1) is 17.3. The Bertz CT molecular complexity index is 670. The lowest BCUT2D eigenvalue weighted by molar-refractivity contribution is -0.132. The molecule has 1 fully saturated rings. The largest absolute Gasteiger partial charge is 0.457 e. The molecular weight excluding hydrogens is 312 g/mol. The van der Waals surface area contributed by atoms with E-state index < -0.39 is 0 Å². The first-order valence-electron chi connectivity index (χ1n) is 9.05. The van der Waals surface area contributed by atoms with E-state index in [0.717, 1.165) is 36.7 Å². The van der Waals surface area contributed by atoms with Crippen LogP contribution in [0.2, 0.25) is 0 Å². The maximum absolute atomic E-state index is 12.3. The fraction of sp³-hybridized carbons (Fsp3) is 0.381. The van der Waals surface area contributed by atoms with E-state index in [-0.39, 0.29) is 5.91 Å². The van der Waals surface area contributed by atoms with Gasteiger partial charge >= 0.3 is 0 Å². The fourth-order valence-electron chi connectivity index (χ4n) is 3.15. The van der Waals surface area contributed by atoms with Crippen molar-refractivity contribution in [2.24, 2.45) is 5.92 Å². The maximum atomic E-state index is 12.3. The number of anilines is 1. The summed E-state index contributed by atoms with van der Waals surface area (Å²) in [6, 6.07) is 17.5. The number of nitrogens with zero attached hydrogens (tertiary/aromatic N) is 1. The van der Waals surface area contributed by atoms with Crippen molar-refractivity contribution in [3.05, 3.63) is 54.6 Å². The number of hydrogen-bond acceptors (Lipinski definition) is 3. The number of para-hydroxylation sites is 1. The molecule has 25 heavy (non-hydrogen) atoms. The molecule has 0 radical (unpaired) electrons. The van der Waals surface area contributed by atoms with Crippen molar-refractivity contribution in [1.29, 1.82) is 0 Å². The molecule has 1 saturated heterocycles. The summed E-state index contributed by atoms with van der Waals surface area (Å²) in [7, 11) is 0. The van der Waals surface area contributed by atoms with Gasteiger partial charge in [0.1, 0.15) is 11.5 Å². The molecular formula is C21H26N2O2. The number of amides is 1. The van der Waals surface area contributed by atoms with Crippen molar-refractivity contribution in [2.75, 3.05) is 25.0 Å². The van der Waals surface area contributed by atoms with Crippen molar-refractivity contribution in [1.82, 2.24) is 4.90 Å². The summed E-state index contributed by atoms with van der Waals surface area (Å²) in [6.07, 6.45) is 2.90. The Kier molecular flexibility index (Phi) is 5.94. The molecule has 0 saturated carbocycles. The van der Waals surface area contributed by atoms with Gasteiger partial charge in [0.2, 0.25) is 5.91 Å². The summed E-state index contributed by atoms with van der Waals surface area (Å²) < 4.78 is 5.78. The number of benzene rings is 2. The Balaban J connectivity index is 1.43. The number of carbonyl (C=O) groups is 1. The van der Waals surface area contributed by atoms with Crippen molar-refractivity contribution in [3.63, 3.8) is 0 Å². The van der Waals surface area contributed by atoms with Crippen LogP contribution >= 0.6 is 0 Å². The molecule has 2 aromatic rings. The Morgan fingerprint density at radius 3 is 2.56 bits per heavy atom. The number of rotatable bonds is 6. The lowest BCUT2D eigenvalue weighted by atomic mass is 10.00. The second kappa shape index (κ2) is 8.56. The van der Waals surface area contributed by atoms with E-state index in [0.29, 0.717) is 18.9 Å². The molecule has 4 heteroatoms. The Hall–Kier alpha value is -2.49. The van der Waals surface area contributed by atoms with E-state index in [1.807, 2.05) is 59.5 Å². The smallest absolute Gasteiger partial charge is 0.224 e. The predicted molar refractivity (Wildman–Crippen MR) is 101 cm³/mol. The number of piperidine rings is 1. The summed E-state index contributed by atoms with van der Waals surface area (Å²) in [6.45, 7) is 4.69. The number of hydrogen-bond donors (Lipinski definition) is 1. The zero-order valence-electron chi connectivity index (χ0n) is 14.8. The average Bonchev–Trinajstić information content (AvgIpc) is 2.64. The maximum Gasteiger partial charge on any atom is 0.224 e. The molecule has 0 aliphatic carbocycles. The van der Waals surface area contributed by atoms with Crippen LogP contribution in [0.3, 0.4) is 0 Å². The van der Waals surface area contributed by atoms with Crippen molar-refractivity contribution < 1.29 is 9.53 Å². The van der Waals surface area contributed by atoms with Crippen LogP contribution in [-0.2, 0) is 4.79 Å². The van der Waals surface area contributed by atoms with Crippen LogP contribution in [0.4, 0.5) is 5.69 Å². The zero-order valence-corrected chi connectivity index (χ0v) is 14.8. The van der Waals surface area contributed by atoms with Gasteiger partial charge in [-0.05, 0) is 55.2 Å². The van der Waals surface area contributed by atoms with E-state index in [2.05, 4.69) is 12.2 Å². The topological polar surface area (TPSA) is 41.6 Å². The summed E-state index contributed by atoms with van der Waals surface area (Å²) in [5.41, 5.74) is 1.00. The monoisotopic (exact) mass is 338 g/mol. The van der Waals surface area contributed by atoms with Gasteiger partial charge < -0.3 is 15.0 Å². The Morgan fingerprint density at radius 2 is 1.84 bits per heavy atom. The quantitative estimate of drug-likeness (QED) is 0.841. The van der Waals surface area contributed by atoms with Gasteiger partial charge in [-0.2, -0.15) is 0 Å². The van der Waals surface area contributed by atoms with Crippen LogP contribution in [0.1, 0.15) is 26.2 Å². The highest BCUT2D eigenvalue weighted by molar-refractivity contribution is 5.76. The van der Waals surface area contributed by atoms with Crippen LogP contribution < -0.4 is 10.1 Å². The van der Waals surface area contributed by atoms with E-state index >= 15 is 0 Å². The molecule has 132 valence electrons. The first-order chi connectivity index (χ1) is 12.2. The van der Waals surface area contributed by atoms with Crippen LogP contribution in [0.5, 0.6) is 11.5 Å². The van der Waals surface area contributed by atoms with Gasteiger partial charge in [0.05, 0.1) is 0 Å². The highest BCUT2D eigenvalue weighted by Crippen LogP contribution is 2.22. The third-order valence-electron chi connectivity index (χ3n) is 4.51. The summed E-state index contributed by atoms with van der Waals surface area (Å²) in [5, 5.41) is 3.31. The number of ether oxygens (including phenoxy) is 1. The third-order valence-corrected chi connectivity index (χ3v) is 4.51. The molecule has 0 aromatic heterocycles. The molecule has 1 aliphatic rings. The average molecular weight is 338 g/mol. The first-order valence-corrected chi connectivity index (χ1v) is 9.05.